The highest BCUT2D eigenvalue weighted by molar-refractivity contribution is 5.74. The maximum absolute atomic E-state index is 12.0. The number of morpholine rings is 1. The van der Waals surface area contributed by atoms with Crippen LogP contribution in [0.2, 0.25) is 0 Å². The molecule has 0 aromatic carbocycles. The Morgan fingerprint density at radius 1 is 1.42 bits per heavy atom. The van der Waals surface area contributed by atoms with Crippen LogP contribution in [0.3, 0.4) is 0 Å². The number of aromatic nitrogens is 1. The standard InChI is InChI=1S/C17H28N4O3/c1-4-20(7-8-22)17(23)19-10-15-5-6-16(18-9-15)21-11-13(2)24-14(3)12-21/h5-6,9,13-14,22H,4,7-8,10-12H2,1-3H3,(H,19,23)/t13-,14-/m0/s1. The van der Waals surface area contributed by atoms with Gasteiger partial charge in [-0.05, 0) is 32.4 Å². The lowest BCUT2D eigenvalue weighted by Crippen LogP contribution is -2.45. The Bertz CT molecular complexity index is 513. The second-order valence-corrected chi connectivity index (χ2v) is 6.15. The van der Waals surface area contributed by atoms with E-state index >= 15 is 0 Å². The van der Waals surface area contributed by atoms with Crippen LogP contribution in [-0.4, -0.2) is 66.0 Å². The number of anilines is 1. The third-order valence-corrected chi connectivity index (χ3v) is 4.04. The fourth-order valence-corrected chi connectivity index (χ4v) is 2.89. The van der Waals surface area contributed by atoms with E-state index < -0.39 is 0 Å². The molecule has 0 radical (unpaired) electrons. The second-order valence-electron chi connectivity index (χ2n) is 6.15. The first-order valence-electron chi connectivity index (χ1n) is 8.52. The molecule has 1 saturated heterocycles. The molecule has 7 nitrogen and oxygen atoms in total. The molecule has 2 amide bonds. The van der Waals surface area contributed by atoms with Crippen LogP contribution in [0.15, 0.2) is 18.3 Å². The lowest BCUT2D eigenvalue weighted by atomic mass is 10.2. The number of urea groups is 1. The smallest absolute Gasteiger partial charge is 0.317 e. The molecule has 0 spiro atoms. The molecule has 2 heterocycles. The molecular weight excluding hydrogens is 308 g/mol. The van der Waals surface area contributed by atoms with Gasteiger partial charge in [-0.3, -0.25) is 0 Å². The van der Waals surface area contributed by atoms with E-state index in [-0.39, 0.29) is 24.8 Å². The van der Waals surface area contributed by atoms with Gasteiger partial charge in [0.2, 0.25) is 0 Å². The summed E-state index contributed by atoms with van der Waals surface area (Å²) < 4.78 is 5.74. The van der Waals surface area contributed by atoms with Gasteiger partial charge in [0.15, 0.2) is 0 Å². The van der Waals surface area contributed by atoms with E-state index in [1.54, 1.807) is 11.1 Å². The molecule has 0 aliphatic carbocycles. The Morgan fingerprint density at radius 2 is 2.12 bits per heavy atom. The number of rotatable bonds is 6. The minimum atomic E-state index is -0.175. The van der Waals surface area contributed by atoms with Gasteiger partial charge >= 0.3 is 6.03 Å². The lowest BCUT2D eigenvalue weighted by molar-refractivity contribution is -0.00546. The number of carbonyl (C=O) groups is 1. The molecule has 2 N–H and O–H groups in total. The van der Waals surface area contributed by atoms with Crippen molar-refractivity contribution in [1.82, 2.24) is 15.2 Å². The number of pyridine rings is 1. The molecule has 2 atom stereocenters. The summed E-state index contributed by atoms with van der Waals surface area (Å²) in [6.45, 7) is 8.98. The predicted molar refractivity (Wildman–Crippen MR) is 93.0 cm³/mol. The largest absolute Gasteiger partial charge is 0.395 e. The summed E-state index contributed by atoms with van der Waals surface area (Å²) in [5.41, 5.74) is 0.946. The number of nitrogens with one attached hydrogen (secondary N) is 1. The van der Waals surface area contributed by atoms with Crippen molar-refractivity contribution < 1.29 is 14.6 Å². The van der Waals surface area contributed by atoms with E-state index in [0.717, 1.165) is 24.5 Å². The molecule has 7 heteroatoms. The molecule has 134 valence electrons. The van der Waals surface area contributed by atoms with E-state index in [0.29, 0.717) is 19.6 Å². The summed E-state index contributed by atoms with van der Waals surface area (Å²) in [4.78, 5) is 20.3. The summed E-state index contributed by atoms with van der Waals surface area (Å²) >= 11 is 0. The van der Waals surface area contributed by atoms with E-state index in [1.807, 2.05) is 19.1 Å². The number of nitrogens with zero attached hydrogens (tertiary/aromatic N) is 3. The Kier molecular flexibility index (Phi) is 6.81. The molecule has 1 aromatic rings. The molecule has 0 saturated carbocycles. The zero-order valence-electron chi connectivity index (χ0n) is 14.7. The van der Waals surface area contributed by atoms with Crippen LogP contribution in [0.1, 0.15) is 26.3 Å². The Morgan fingerprint density at radius 3 is 2.67 bits per heavy atom. The van der Waals surface area contributed by atoms with Crippen LogP contribution < -0.4 is 10.2 Å². The number of aliphatic hydroxyl groups excluding tert-OH is 1. The molecule has 1 fully saturated rings. The van der Waals surface area contributed by atoms with Gasteiger partial charge in [-0.15, -0.1) is 0 Å². The van der Waals surface area contributed by atoms with Crippen molar-refractivity contribution >= 4 is 11.8 Å². The van der Waals surface area contributed by atoms with Crippen LogP contribution in [0, 0.1) is 0 Å². The average Bonchev–Trinajstić information content (AvgIpc) is 2.57. The third kappa shape index (κ3) is 5.07. The number of hydrogen-bond acceptors (Lipinski definition) is 5. The highest BCUT2D eigenvalue weighted by Gasteiger charge is 2.23. The van der Waals surface area contributed by atoms with Crippen molar-refractivity contribution in [3.63, 3.8) is 0 Å². The molecule has 1 aromatic heterocycles. The fraction of sp³-hybridized carbons (Fsp3) is 0.647. The quantitative estimate of drug-likeness (QED) is 0.817. The van der Waals surface area contributed by atoms with E-state index in [1.165, 1.54) is 0 Å². The summed E-state index contributed by atoms with van der Waals surface area (Å²) in [6.07, 6.45) is 2.19. The summed E-state index contributed by atoms with van der Waals surface area (Å²) in [7, 11) is 0. The van der Waals surface area contributed by atoms with Gasteiger partial charge < -0.3 is 25.0 Å². The second kappa shape index (κ2) is 8.84. The van der Waals surface area contributed by atoms with Crippen molar-refractivity contribution in [2.75, 3.05) is 37.7 Å². The zero-order valence-corrected chi connectivity index (χ0v) is 14.7. The molecule has 1 aliphatic heterocycles. The first-order valence-corrected chi connectivity index (χ1v) is 8.52. The van der Waals surface area contributed by atoms with E-state index in [2.05, 4.69) is 29.0 Å². The highest BCUT2D eigenvalue weighted by Crippen LogP contribution is 2.18. The molecular formula is C17H28N4O3. The molecule has 0 bridgehead atoms. The number of ether oxygens (including phenoxy) is 1. The Labute approximate surface area is 143 Å². The normalized spacial score (nSPS) is 20.8. The van der Waals surface area contributed by atoms with Crippen LogP contribution >= 0.6 is 0 Å². The molecule has 24 heavy (non-hydrogen) atoms. The average molecular weight is 336 g/mol. The maximum Gasteiger partial charge on any atom is 0.317 e. The van der Waals surface area contributed by atoms with Gasteiger partial charge in [0.05, 0.1) is 18.8 Å². The van der Waals surface area contributed by atoms with Gasteiger partial charge in [-0.1, -0.05) is 6.07 Å². The minimum absolute atomic E-state index is 0.0338. The van der Waals surface area contributed by atoms with Crippen LogP contribution in [0.4, 0.5) is 10.6 Å². The number of carbonyl (C=O) groups excluding carboxylic acids is 1. The van der Waals surface area contributed by atoms with Crippen LogP contribution in [0.25, 0.3) is 0 Å². The first kappa shape index (κ1) is 18.5. The number of aliphatic hydroxyl groups is 1. The van der Waals surface area contributed by atoms with E-state index in [9.17, 15) is 4.79 Å². The van der Waals surface area contributed by atoms with Gasteiger partial charge in [-0.25, -0.2) is 9.78 Å². The van der Waals surface area contributed by atoms with Crippen molar-refractivity contribution in [3.05, 3.63) is 23.9 Å². The summed E-state index contributed by atoms with van der Waals surface area (Å²) in [5, 5.41) is 11.8. The van der Waals surface area contributed by atoms with E-state index in [4.69, 9.17) is 9.84 Å². The highest BCUT2D eigenvalue weighted by atomic mass is 16.5. The van der Waals surface area contributed by atoms with Gasteiger partial charge in [0.1, 0.15) is 5.82 Å². The maximum atomic E-state index is 12.0. The van der Waals surface area contributed by atoms with Gasteiger partial charge in [0.25, 0.3) is 0 Å². The first-order chi connectivity index (χ1) is 11.5. The minimum Gasteiger partial charge on any atom is -0.395 e. The van der Waals surface area contributed by atoms with Crippen molar-refractivity contribution in [2.45, 2.75) is 39.5 Å². The summed E-state index contributed by atoms with van der Waals surface area (Å²) in [5.74, 6) is 0.933. The molecule has 0 unspecified atom stereocenters. The molecule has 1 aliphatic rings. The Hall–Kier alpha value is -1.86. The van der Waals surface area contributed by atoms with Gasteiger partial charge in [0, 0.05) is 38.9 Å². The zero-order chi connectivity index (χ0) is 17.5. The topological polar surface area (TPSA) is 77.9 Å². The Balaban J connectivity index is 1.89. The number of hydrogen-bond donors (Lipinski definition) is 2. The fourth-order valence-electron chi connectivity index (χ4n) is 2.89. The number of likely N-dealkylation sites (N-methyl/N-ethyl adjacent to an activating group) is 1. The molecule has 2 rings (SSSR count). The SMILES string of the molecule is CCN(CCO)C(=O)NCc1ccc(N2C[C@H](C)O[C@@H](C)C2)nc1. The lowest BCUT2D eigenvalue weighted by Gasteiger charge is -2.36. The predicted octanol–water partition coefficient (Wildman–Crippen LogP) is 1.22. The van der Waals surface area contributed by atoms with Crippen LogP contribution in [0.5, 0.6) is 0 Å². The number of amides is 2. The summed E-state index contributed by atoms with van der Waals surface area (Å²) in [6, 6.07) is 3.79. The van der Waals surface area contributed by atoms with Gasteiger partial charge in [-0.2, -0.15) is 0 Å². The van der Waals surface area contributed by atoms with Crippen molar-refractivity contribution in [3.8, 4) is 0 Å². The third-order valence-electron chi connectivity index (χ3n) is 4.04. The van der Waals surface area contributed by atoms with Crippen molar-refractivity contribution in [2.24, 2.45) is 0 Å². The van der Waals surface area contributed by atoms with Crippen LogP contribution in [-0.2, 0) is 11.3 Å². The van der Waals surface area contributed by atoms with Crippen molar-refractivity contribution in [1.29, 1.82) is 0 Å². The monoisotopic (exact) mass is 336 g/mol.